The standard InChI is InChI=1S/C17H18N4O2S/c1-3-23-17-12(5-4-8-18-17)10-19-16(22)14-9-13(20-21-14)15-7-6-11(2)24-15/h4-9H,3,10H2,1-2H3,(H,19,22)(H,20,21). The largest absolute Gasteiger partial charge is 0.478 e. The number of pyridine rings is 1. The van der Waals surface area contributed by atoms with Gasteiger partial charge in [-0.15, -0.1) is 11.3 Å². The molecule has 0 aliphatic heterocycles. The van der Waals surface area contributed by atoms with E-state index in [1.807, 2.05) is 38.1 Å². The second-order valence-corrected chi connectivity index (χ2v) is 6.45. The number of H-pyrrole nitrogens is 1. The first-order valence-electron chi connectivity index (χ1n) is 7.64. The highest BCUT2D eigenvalue weighted by molar-refractivity contribution is 7.15. The SMILES string of the molecule is CCOc1ncccc1CNC(=O)c1cc(-c2ccc(C)s2)[nH]n1. The van der Waals surface area contributed by atoms with Gasteiger partial charge in [0.25, 0.3) is 5.91 Å². The quantitative estimate of drug-likeness (QED) is 0.721. The highest BCUT2D eigenvalue weighted by Gasteiger charge is 2.13. The zero-order valence-corrected chi connectivity index (χ0v) is 14.3. The Bertz CT molecular complexity index is 840. The maximum absolute atomic E-state index is 12.3. The molecular formula is C17H18N4O2S. The molecule has 0 aliphatic carbocycles. The molecule has 3 aromatic rings. The van der Waals surface area contributed by atoms with E-state index in [-0.39, 0.29) is 5.91 Å². The molecule has 3 heterocycles. The van der Waals surface area contributed by atoms with Gasteiger partial charge in [0.1, 0.15) is 0 Å². The molecule has 0 unspecified atom stereocenters. The lowest BCUT2D eigenvalue weighted by Crippen LogP contribution is -2.23. The van der Waals surface area contributed by atoms with Crippen LogP contribution in [-0.4, -0.2) is 27.7 Å². The number of carbonyl (C=O) groups excluding carboxylic acids is 1. The minimum Gasteiger partial charge on any atom is -0.478 e. The van der Waals surface area contributed by atoms with E-state index >= 15 is 0 Å². The van der Waals surface area contributed by atoms with Crippen molar-refractivity contribution in [2.24, 2.45) is 0 Å². The second kappa shape index (κ2) is 7.27. The highest BCUT2D eigenvalue weighted by atomic mass is 32.1. The average molecular weight is 342 g/mol. The molecule has 0 saturated carbocycles. The van der Waals surface area contributed by atoms with Gasteiger partial charge >= 0.3 is 0 Å². The molecule has 0 spiro atoms. The lowest BCUT2D eigenvalue weighted by atomic mass is 10.2. The molecule has 0 bridgehead atoms. The van der Waals surface area contributed by atoms with Crippen molar-refractivity contribution in [3.05, 3.63) is 52.7 Å². The van der Waals surface area contributed by atoms with Crippen molar-refractivity contribution in [2.75, 3.05) is 6.61 Å². The summed E-state index contributed by atoms with van der Waals surface area (Å²) in [6, 6.07) is 9.50. The molecular weight excluding hydrogens is 324 g/mol. The molecule has 1 amide bonds. The van der Waals surface area contributed by atoms with E-state index in [9.17, 15) is 4.79 Å². The Kier molecular flexibility index (Phi) is 4.90. The van der Waals surface area contributed by atoms with Crippen LogP contribution in [0.5, 0.6) is 5.88 Å². The van der Waals surface area contributed by atoms with E-state index < -0.39 is 0 Å². The van der Waals surface area contributed by atoms with Crippen LogP contribution < -0.4 is 10.1 Å². The highest BCUT2D eigenvalue weighted by Crippen LogP contribution is 2.26. The van der Waals surface area contributed by atoms with Crippen molar-refractivity contribution in [1.29, 1.82) is 0 Å². The smallest absolute Gasteiger partial charge is 0.272 e. The summed E-state index contributed by atoms with van der Waals surface area (Å²) in [6.07, 6.45) is 1.67. The van der Waals surface area contributed by atoms with Gasteiger partial charge in [-0.3, -0.25) is 9.89 Å². The molecule has 124 valence electrons. The lowest BCUT2D eigenvalue weighted by molar-refractivity contribution is 0.0945. The van der Waals surface area contributed by atoms with Gasteiger partial charge in [0, 0.05) is 23.2 Å². The number of ether oxygens (including phenoxy) is 1. The summed E-state index contributed by atoms with van der Waals surface area (Å²) in [6.45, 7) is 4.81. The zero-order valence-electron chi connectivity index (χ0n) is 13.5. The Morgan fingerprint density at radius 2 is 2.25 bits per heavy atom. The van der Waals surface area contributed by atoms with Crippen LogP contribution in [0.4, 0.5) is 0 Å². The van der Waals surface area contributed by atoms with Gasteiger partial charge in [-0.05, 0) is 38.1 Å². The molecule has 0 saturated heterocycles. The van der Waals surface area contributed by atoms with Gasteiger partial charge in [-0.25, -0.2) is 4.98 Å². The number of aromatic nitrogens is 3. The van der Waals surface area contributed by atoms with Crippen LogP contribution >= 0.6 is 11.3 Å². The van der Waals surface area contributed by atoms with Crippen LogP contribution in [0, 0.1) is 6.92 Å². The minimum absolute atomic E-state index is 0.239. The number of rotatable bonds is 6. The summed E-state index contributed by atoms with van der Waals surface area (Å²) >= 11 is 1.66. The van der Waals surface area contributed by atoms with Gasteiger partial charge in [0.2, 0.25) is 5.88 Å². The number of carbonyl (C=O) groups is 1. The molecule has 3 rings (SSSR count). The van der Waals surface area contributed by atoms with Crippen LogP contribution in [0.3, 0.4) is 0 Å². The Morgan fingerprint density at radius 1 is 1.38 bits per heavy atom. The number of nitrogens with zero attached hydrogens (tertiary/aromatic N) is 2. The van der Waals surface area contributed by atoms with E-state index in [1.165, 1.54) is 4.88 Å². The molecule has 0 radical (unpaired) electrons. The maximum Gasteiger partial charge on any atom is 0.272 e. The zero-order chi connectivity index (χ0) is 16.9. The normalized spacial score (nSPS) is 10.6. The maximum atomic E-state index is 12.3. The molecule has 3 aromatic heterocycles. The number of hydrogen-bond donors (Lipinski definition) is 2. The first-order valence-corrected chi connectivity index (χ1v) is 8.46. The van der Waals surface area contributed by atoms with E-state index in [4.69, 9.17) is 4.74 Å². The fraction of sp³-hybridized carbons (Fsp3) is 0.235. The van der Waals surface area contributed by atoms with Crippen LogP contribution in [0.15, 0.2) is 36.5 Å². The minimum atomic E-state index is -0.239. The van der Waals surface area contributed by atoms with Crippen molar-refractivity contribution >= 4 is 17.2 Å². The third-order valence-electron chi connectivity index (χ3n) is 3.39. The van der Waals surface area contributed by atoms with Crippen LogP contribution in [0.1, 0.15) is 27.9 Å². The Hall–Kier alpha value is -2.67. The monoisotopic (exact) mass is 342 g/mol. The molecule has 7 heteroatoms. The summed E-state index contributed by atoms with van der Waals surface area (Å²) in [5, 5.41) is 9.85. The predicted octanol–water partition coefficient (Wildman–Crippen LogP) is 3.17. The number of thiophene rings is 1. The Labute approximate surface area is 143 Å². The van der Waals surface area contributed by atoms with E-state index in [2.05, 4.69) is 20.5 Å². The van der Waals surface area contributed by atoms with Crippen LogP contribution in [0.2, 0.25) is 0 Å². The second-order valence-electron chi connectivity index (χ2n) is 5.16. The average Bonchev–Trinajstić information content (AvgIpc) is 3.23. The molecule has 0 aliphatic rings. The third kappa shape index (κ3) is 3.62. The molecule has 0 atom stereocenters. The summed E-state index contributed by atoms with van der Waals surface area (Å²) in [7, 11) is 0. The van der Waals surface area contributed by atoms with E-state index in [0.29, 0.717) is 24.7 Å². The molecule has 24 heavy (non-hydrogen) atoms. The van der Waals surface area contributed by atoms with Gasteiger partial charge in [-0.1, -0.05) is 6.07 Å². The van der Waals surface area contributed by atoms with E-state index in [1.54, 1.807) is 23.6 Å². The number of hydrogen-bond acceptors (Lipinski definition) is 5. The van der Waals surface area contributed by atoms with Gasteiger partial charge in [0.15, 0.2) is 5.69 Å². The first kappa shape index (κ1) is 16.2. The number of aryl methyl sites for hydroxylation is 1. The van der Waals surface area contributed by atoms with Gasteiger partial charge < -0.3 is 10.1 Å². The number of amides is 1. The molecule has 6 nitrogen and oxygen atoms in total. The van der Waals surface area contributed by atoms with Crippen LogP contribution in [0.25, 0.3) is 10.6 Å². The summed E-state index contributed by atoms with van der Waals surface area (Å²) in [5.41, 5.74) is 2.03. The summed E-state index contributed by atoms with van der Waals surface area (Å²) < 4.78 is 5.46. The van der Waals surface area contributed by atoms with Crippen molar-refractivity contribution in [3.63, 3.8) is 0 Å². The molecule has 0 fully saturated rings. The van der Waals surface area contributed by atoms with Crippen LogP contribution in [-0.2, 0) is 6.54 Å². The fourth-order valence-electron chi connectivity index (χ4n) is 2.23. The third-order valence-corrected chi connectivity index (χ3v) is 4.42. The predicted molar refractivity (Wildman–Crippen MR) is 93.2 cm³/mol. The van der Waals surface area contributed by atoms with Crippen molar-refractivity contribution in [2.45, 2.75) is 20.4 Å². The fourth-order valence-corrected chi connectivity index (χ4v) is 3.07. The number of nitrogens with one attached hydrogen (secondary N) is 2. The number of aromatic amines is 1. The van der Waals surface area contributed by atoms with Crippen molar-refractivity contribution < 1.29 is 9.53 Å². The Balaban J connectivity index is 1.67. The first-order chi connectivity index (χ1) is 11.7. The summed E-state index contributed by atoms with van der Waals surface area (Å²) in [5.74, 6) is 0.300. The van der Waals surface area contributed by atoms with Crippen molar-refractivity contribution in [3.8, 4) is 16.5 Å². The van der Waals surface area contributed by atoms with E-state index in [0.717, 1.165) is 16.1 Å². The van der Waals surface area contributed by atoms with Crippen molar-refractivity contribution in [1.82, 2.24) is 20.5 Å². The van der Waals surface area contributed by atoms with Gasteiger partial charge in [-0.2, -0.15) is 5.10 Å². The lowest BCUT2D eigenvalue weighted by Gasteiger charge is -2.08. The molecule has 2 N–H and O–H groups in total. The summed E-state index contributed by atoms with van der Waals surface area (Å²) in [4.78, 5) is 18.7. The van der Waals surface area contributed by atoms with Gasteiger partial charge in [0.05, 0.1) is 17.2 Å². The Morgan fingerprint density at radius 3 is 3.00 bits per heavy atom. The molecule has 0 aromatic carbocycles. The topological polar surface area (TPSA) is 79.9 Å².